The van der Waals surface area contributed by atoms with Gasteiger partial charge >= 0.3 is 11.9 Å². The van der Waals surface area contributed by atoms with Crippen molar-refractivity contribution in [3.8, 4) is 0 Å². The number of fused-ring (bicyclic) bond motifs is 2. The minimum Gasteiger partial charge on any atom is -0.480 e. The highest BCUT2D eigenvalue weighted by Gasteiger charge is 2.69. The molecule has 12 nitrogen and oxygen atoms in total. The van der Waals surface area contributed by atoms with Gasteiger partial charge in [-0.2, -0.15) is 0 Å². The number of benzene rings is 1. The summed E-state index contributed by atoms with van der Waals surface area (Å²) >= 11 is 0. The van der Waals surface area contributed by atoms with Gasteiger partial charge in [0.15, 0.2) is 11.9 Å². The molecular weight excluding hydrogens is 596 g/mol. The Hall–Kier alpha value is -3.06. The van der Waals surface area contributed by atoms with Crippen molar-refractivity contribution in [1.82, 2.24) is 10.6 Å². The third-order valence-corrected chi connectivity index (χ3v) is 10.2. The number of nitrogens with one attached hydrogen (secondary N) is 2. The average Bonchev–Trinajstić information content (AvgIpc) is 3.24. The largest absolute Gasteiger partial charge is 0.480 e. The van der Waals surface area contributed by atoms with Gasteiger partial charge in [-0.3, -0.25) is 14.4 Å². The van der Waals surface area contributed by atoms with Crippen LogP contribution in [0.5, 0.6) is 0 Å². The van der Waals surface area contributed by atoms with Gasteiger partial charge in [0.25, 0.3) is 0 Å². The third kappa shape index (κ3) is 7.25. The molecule has 1 aromatic rings. The number of hydrogen-bond acceptors (Lipinski definition) is 9. The summed E-state index contributed by atoms with van der Waals surface area (Å²) in [5, 5.41) is 15.0. The molecule has 1 saturated carbocycles. The molecule has 46 heavy (non-hydrogen) atoms. The van der Waals surface area contributed by atoms with Crippen molar-refractivity contribution in [1.29, 1.82) is 0 Å². The minimum atomic E-state index is -1.17. The Morgan fingerprint density at radius 3 is 2.41 bits per heavy atom. The summed E-state index contributed by atoms with van der Waals surface area (Å²) in [5.41, 5.74) is -0.0153. The molecule has 3 N–H and O–H groups in total. The van der Waals surface area contributed by atoms with Crippen LogP contribution in [0, 0.1) is 29.6 Å². The predicted molar refractivity (Wildman–Crippen MR) is 163 cm³/mol. The van der Waals surface area contributed by atoms with Gasteiger partial charge in [0.05, 0.1) is 6.42 Å². The van der Waals surface area contributed by atoms with Crippen molar-refractivity contribution in [2.75, 3.05) is 0 Å². The first-order valence-corrected chi connectivity index (χ1v) is 16.6. The van der Waals surface area contributed by atoms with Gasteiger partial charge in [-0.15, -0.1) is 0 Å². The quantitative estimate of drug-likeness (QED) is 0.225. The van der Waals surface area contributed by atoms with Crippen LogP contribution in [0.1, 0.15) is 85.1 Å². The number of aliphatic carboxylic acids is 1. The van der Waals surface area contributed by atoms with Gasteiger partial charge in [0.2, 0.25) is 23.9 Å². The zero-order valence-corrected chi connectivity index (χ0v) is 27.4. The zero-order valence-electron chi connectivity index (χ0n) is 27.4. The second-order valence-electron chi connectivity index (χ2n) is 14.1. The predicted octanol–water partition coefficient (Wildman–Crippen LogP) is 3.86. The number of rotatable bonds is 12. The van der Waals surface area contributed by atoms with Crippen LogP contribution in [0.25, 0.3) is 0 Å². The molecule has 4 aliphatic heterocycles. The van der Waals surface area contributed by atoms with E-state index in [1.807, 2.05) is 33.8 Å². The molecule has 2 unspecified atom stereocenters. The van der Waals surface area contributed by atoms with Crippen LogP contribution < -0.4 is 10.6 Å². The molecule has 6 rings (SSSR count). The number of carboxylic acid groups (broad SMARTS) is 1. The van der Waals surface area contributed by atoms with Gasteiger partial charge in [0.1, 0.15) is 12.1 Å². The molecule has 1 aromatic carbocycles. The number of esters is 1. The third-order valence-electron chi connectivity index (χ3n) is 10.2. The maximum atomic E-state index is 13.2. The molecule has 4 heterocycles. The Morgan fingerprint density at radius 1 is 0.978 bits per heavy atom. The summed E-state index contributed by atoms with van der Waals surface area (Å²) in [6.45, 7) is 9.83. The molecule has 5 fully saturated rings. The summed E-state index contributed by atoms with van der Waals surface area (Å²) in [6, 6.07) is 6.86. The van der Waals surface area contributed by atoms with Crippen molar-refractivity contribution < 1.29 is 48.3 Å². The van der Waals surface area contributed by atoms with E-state index in [-0.39, 0.29) is 42.9 Å². The Bertz CT molecular complexity index is 1280. The van der Waals surface area contributed by atoms with Gasteiger partial charge in [-0.05, 0) is 55.9 Å². The van der Waals surface area contributed by atoms with Crippen molar-refractivity contribution in [2.45, 2.75) is 122 Å². The van der Waals surface area contributed by atoms with Crippen LogP contribution in [0.4, 0.5) is 0 Å². The standard InChI is InChI=1S/C34H48N2O10/c1-19(2)17-25(29(39)36-26(30(40)41)18-22-9-7-6-8-10-22)35-27(37)13-14-28(38)42-31-21(4)24-12-11-20(3)23-15-16-33(5)44-32(43-31)34(23,24)46-45-33/h6-10,19-21,23-26,31-32H,11-18H2,1-5H3,(H,35,37)(H,36,39)(H,40,41)/t20-,21-,23+,24+,25?,26?,31-,32-,33-,34-/m1/s1. The average molecular weight is 645 g/mol. The smallest absolute Gasteiger partial charge is 0.326 e. The van der Waals surface area contributed by atoms with E-state index in [4.69, 9.17) is 24.0 Å². The van der Waals surface area contributed by atoms with Gasteiger partial charge in [-0.25, -0.2) is 14.6 Å². The highest BCUT2D eigenvalue weighted by atomic mass is 17.3. The number of carboxylic acids is 1. The lowest BCUT2D eigenvalue weighted by Crippen LogP contribution is -2.70. The summed E-state index contributed by atoms with van der Waals surface area (Å²) in [7, 11) is 0. The highest BCUT2D eigenvalue weighted by Crippen LogP contribution is 2.60. The summed E-state index contributed by atoms with van der Waals surface area (Å²) < 4.78 is 18.4. The Morgan fingerprint density at radius 2 is 1.72 bits per heavy atom. The fourth-order valence-electron chi connectivity index (χ4n) is 7.70. The molecule has 4 saturated heterocycles. The van der Waals surface area contributed by atoms with E-state index in [1.165, 1.54) is 0 Å². The molecule has 10 atom stereocenters. The van der Waals surface area contributed by atoms with Crippen molar-refractivity contribution >= 4 is 23.8 Å². The first kappa shape index (κ1) is 34.3. The van der Waals surface area contributed by atoms with Crippen molar-refractivity contribution in [3.05, 3.63) is 35.9 Å². The van der Waals surface area contributed by atoms with Crippen LogP contribution in [0.3, 0.4) is 0 Å². The topological polar surface area (TPSA) is 159 Å². The molecule has 1 spiro atoms. The lowest BCUT2D eigenvalue weighted by atomic mass is 9.58. The Balaban J connectivity index is 1.16. The molecule has 0 radical (unpaired) electrons. The first-order valence-electron chi connectivity index (χ1n) is 16.6. The Labute approximate surface area is 270 Å². The van der Waals surface area contributed by atoms with Gasteiger partial charge < -0.3 is 30.0 Å². The Kier molecular flexibility index (Phi) is 10.4. The van der Waals surface area contributed by atoms with E-state index < -0.39 is 59.8 Å². The minimum absolute atomic E-state index is 0.0111. The normalized spacial score (nSPS) is 34.5. The van der Waals surface area contributed by atoms with Crippen LogP contribution in [-0.2, 0) is 49.6 Å². The lowest BCUT2D eigenvalue weighted by Gasteiger charge is -2.59. The van der Waals surface area contributed by atoms with E-state index in [9.17, 15) is 24.3 Å². The van der Waals surface area contributed by atoms with Crippen LogP contribution in [0.15, 0.2) is 30.3 Å². The molecular formula is C34H48N2O10. The van der Waals surface area contributed by atoms with E-state index in [2.05, 4.69) is 17.6 Å². The van der Waals surface area contributed by atoms with Crippen LogP contribution in [0.2, 0.25) is 0 Å². The summed E-state index contributed by atoms with van der Waals surface area (Å²) in [5.74, 6) is -3.43. The van der Waals surface area contributed by atoms with E-state index in [1.54, 1.807) is 24.3 Å². The number of carbonyl (C=O) groups is 4. The van der Waals surface area contributed by atoms with E-state index in [0.717, 1.165) is 24.8 Å². The number of ether oxygens (including phenoxy) is 3. The number of hydrogen-bond donors (Lipinski definition) is 3. The number of carbonyl (C=O) groups excluding carboxylic acids is 3. The van der Waals surface area contributed by atoms with Crippen molar-refractivity contribution in [2.24, 2.45) is 29.6 Å². The van der Waals surface area contributed by atoms with Gasteiger partial charge in [-0.1, -0.05) is 58.0 Å². The second kappa shape index (κ2) is 14.0. The second-order valence-corrected chi connectivity index (χ2v) is 14.1. The summed E-state index contributed by atoms with van der Waals surface area (Å²) in [6.07, 6.45) is 1.75. The molecule has 2 bridgehead atoms. The highest BCUT2D eigenvalue weighted by molar-refractivity contribution is 5.91. The van der Waals surface area contributed by atoms with Gasteiger partial charge in [0, 0.05) is 31.1 Å². The SMILES string of the molecule is CC(C)CC(NC(=O)CCC(=O)O[C@@H]1O[C@@H]2O[C@@]3(C)CC[C@H]4[C@H](C)CC[C@@H]([C@H]1C)[C@@]24OO3)C(=O)NC(Cc1ccccc1)C(=O)O. The molecule has 1 aliphatic carbocycles. The zero-order chi connectivity index (χ0) is 33.2. The van der Waals surface area contributed by atoms with Crippen LogP contribution in [-0.4, -0.2) is 64.9 Å². The number of amides is 2. The fourth-order valence-corrected chi connectivity index (χ4v) is 7.70. The maximum absolute atomic E-state index is 13.2. The lowest BCUT2D eigenvalue weighted by molar-refractivity contribution is -0.576. The van der Waals surface area contributed by atoms with Crippen molar-refractivity contribution in [3.63, 3.8) is 0 Å². The van der Waals surface area contributed by atoms with E-state index >= 15 is 0 Å². The summed E-state index contributed by atoms with van der Waals surface area (Å²) in [4.78, 5) is 63.0. The molecule has 254 valence electrons. The molecule has 12 heteroatoms. The van der Waals surface area contributed by atoms with E-state index in [0.29, 0.717) is 18.8 Å². The first-order chi connectivity index (χ1) is 21.8. The monoisotopic (exact) mass is 644 g/mol. The molecule has 5 aliphatic rings. The molecule has 2 amide bonds. The van der Waals surface area contributed by atoms with Crippen LogP contribution >= 0.6 is 0 Å². The fraction of sp³-hybridized carbons (Fsp3) is 0.706. The molecule has 0 aromatic heterocycles. The maximum Gasteiger partial charge on any atom is 0.326 e.